The molecular weight excluding hydrogens is 715 g/mol. The highest BCUT2D eigenvalue weighted by Gasteiger charge is 2.25. The van der Waals surface area contributed by atoms with E-state index < -0.39 is 0 Å². The van der Waals surface area contributed by atoms with Crippen molar-refractivity contribution in [3.63, 3.8) is 0 Å². The monoisotopic (exact) mass is 759 g/mol. The summed E-state index contributed by atoms with van der Waals surface area (Å²) >= 11 is 0. The maximum absolute atomic E-state index is 6.74. The van der Waals surface area contributed by atoms with Gasteiger partial charge in [0.1, 0.15) is 39.6 Å². The fourth-order valence-electron chi connectivity index (χ4n) is 8.46. The Hall–Kier alpha value is -6.09. The number of nitrogens with zero attached hydrogens (tertiary/aromatic N) is 3. The van der Waals surface area contributed by atoms with Gasteiger partial charge in [-0.1, -0.05) is 0 Å². The zero-order chi connectivity index (χ0) is 38.9. The summed E-state index contributed by atoms with van der Waals surface area (Å²) in [5.41, 5.74) is 18.4. The summed E-state index contributed by atoms with van der Waals surface area (Å²) < 4.78 is 40.5. The first-order valence-electron chi connectivity index (χ1n) is 19.7. The molecule has 0 N–H and O–H groups in total. The number of hydrogen-bond donors (Lipinski definition) is 0. The predicted molar refractivity (Wildman–Crippen MR) is 215 cm³/mol. The van der Waals surface area contributed by atoms with Crippen LogP contribution in [0.1, 0.15) is 101 Å². The van der Waals surface area contributed by atoms with E-state index in [9.17, 15) is 0 Å². The molecule has 9 heteroatoms. The number of pyridine rings is 3. The van der Waals surface area contributed by atoms with Gasteiger partial charge < -0.3 is 28.4 Å². The highest BCUT2D eigenvalue weighted by molar-refractivity contribution is 5.59. The third-order valence-corrected chi connectivity index (χ3v) is 12.1. The summed E-state index contributed by atoms with van der Waals surface area (Å²) in [4.78, 5) is 14.8. The molecule has 0 saturated heterocycles. The average Bonchev–Trinajstić information content (AvgIpc) is 3.23. The molecule has 0 unspecified atom stereocenters. The molecule has 1 aliphatic carbocycles. The first-order valence-corrected chi connectivity index (χ1v) is 19.7. The molecule has 3 aromatic carbocycles. The van der Waals surface area contributed by atoms with Crippen molar-refractivity contribution in [3.8, 4) is 34.5 Å². The van der Waals surface area contributed by atoms with Crippen LogP contribution in [0.5, 0.6) is 34.5 Å². The number of fused-ring (bicyclic) bond motifs is 15. The van der Waals surface area contributed by atoms with Gasteiger partial charge >= 0.3 is 0 Å². The molecule has 4 aliphatic rings. The van der Waals surface area contributed by atoms with E-state index in [1.54, 1.807) is 0 Å². The summed E-state index contributed by atoms with van der Waals surface area (Å²) in [6, 6.07) is 19.5. The van der Waals surface area contributed by atoms with Crippen LogP contribution in [0, 0.1) is 41.5 Å². The van der Waals surface area contributed by atoms with E-state index in [4.69, 9.17) is 43.4 Å². The van der Waals surface area contributed by atoms with Gasteiger partial charge in [0.15, 0.2) is 34.5 Å². The molecule has 0 saturated carbocycles. The Labute approximate surface area is 333 Å². The van der Waals surface area contributed by atoms with Crippen molar-refractivity contribution in [2.45, 2.75) is 100 Å². The van der Waals surface area contributed by atoms with Crippen molar-refractivity contribution in [1.82, 2.24) is 15.0 Å². The normalized spacial score (nSPS) is 15.1. The Kier molecular flexibility index (Phi) is 8.57. The van der Waals surface area contributed by atoms with E-state index in [2.05, 4.69) is 54.6 Å². The number of benzene rings is 3. The first-order chi connectivity index (χ1) is 27.6. The lowest BCUT2D eigenvalue weighted by Gasteiger charge is -2.22. The molecule has 0 atom stereocenters. The zero-order valence-electron chi connectivity index (χ0n) is 33.4. The summed E-state index contributed by atoms with van der Waals surface area (Å²) in [6.07, 6.45) is 1.99. The Morgan fingerprint density at radius 1 is 0.263 bits per heavy atom. The highest BCUT2D eigenvalue weighted by Crippen LogP contribution is 2.43. The van der Waals surface area contributed by atoms with Crippen molar-refractivity contribution in [2.75, 3.05) is 0 Å². The topological polar surface area (TPSA) is 94.1 Å². The van der Waals surface area contributed by atoms with E-state index in [1.165, 1.54) is 0 Å². The maximum Gasteiger partial charge on any atom is 0.162 e. The molecule has 0 radical (unpaired) electrons. The summed E-state index contributed by atoms with van der Waals surface area (Å²) in [5.74, 6) is 4.18. The summed E-state index contributed by atoms with van der Waals surface area (Å²) in [7, 11) is 0. The number of aromatic nitrogens is 3. The maximum atomic E-state index is 6.74. The van der Waals surface area contributed by atoms with Crippen LogP contribution in [0.4, 0.5) is 0 Å². The Morgan fingerprint density at radius 3 is 0.614 bits per heavy atom. The standard InChI is InChI=1S/C48H45N3O6/c1-25-37-10-38(26(2)49-25)20-53-45-15-33-7-31-13-43(52-19-37)44-14-32(31)8-34-17-47(56-23-40-11-39(21-54-44)27(3)50-28(40)4)48-18-36(34)9-35(33)16-46(45)55-22-41-12-42(24-57-48)30(6)51-29(41)5/h10-18H,7-9,19-24H2,1-6H3. The lowest BCUT2D eigenvalue weighted by molar-refractivity contribution is 0.250. The van der Waals surface area contributed by atoms with Crippen molar-refractivity contribution in [3.05, 3.63) is 156 Å². The second-order valence-corrected chi connectivity index (χ2v) is 15.9. The molecule has 0 amide bonds. The van der Waals surface area contributed by atoms with E-state index >= 15 is 0 Å². The SMILES string of the molecule is Cc1nc(C)c2cc1COc1cc3c4cc1OCc1cc(c(C)nc1C)COc1cc(c5cc1OCc1cc(c(C)nc1C)COc1cc(c(cc1OC2)C3)C5)C4. The molecule has 57 heavy (non-hydrogen) atoms. The largest absolute Gasteiger partial charge is 0.485 e. The number of rotatable bonds is 0. The summed E-state index contributed by atoms with van der Waals surface area (Å²) in [6.45, 7) is 14.2. The van der Waals surface area contributed by atoms with Gasteiger partial charge in [-0.3, -0.25) is 15.0 Å². The van der Waals surface area contributed by atoms with Gasteiger partial charge in [0.2, 0.25) is 0 Å². The summed E-state index contributed by atoms with van der Waals surface area (Å²) in [5, 5.41) is 0. The van der Waals surface area contributed by atoms with Crippen LogP contribution in [0.3, 0.4) is 0 Å². The van der Waals surface area contributed by atoms with Crippen LogP contribution < -0.4 is 28.4 Å². The van der Waals surface area contributed by atoms with Gasteiger partial charge in [-0.05, 0) is 149 Å². The van der Waals surface area contributed by atoms with E-state index in [-0.39, 0.29) is 0 Å². The van der Waals surface area contributed by atoms with Crippen LogP contribution in [0.2, 0.25) is 0 Å². The molecular formula is C48H45N3O6. The predicted octanol–water partition coefficient (Wildman–Crippen LogP) is 9.22. The molecule has 9 nitrogen and oxygen atoms in total. The first kappa shape index (κ1) is 35.3. The van der Waals surface area contributed by atoms with Gasteiger partial charge in [-0.15, -0.1) is 0 Å². The lowest BCUT2D eigenvalue weighted by atomic mass is 9.94. The highest BCUT2D eigenvalue weighted by atomic mass is 16.5. The van der Waals surface area contributed by atoms with E-state index in [0.717, 1.165) is 101 Å². The average molecular weight is 760 g/mol. The molecule has 3 aliphatic heterocycles. The van der Waals surface area contributed by atoms with Gasteiger partial charge in [-0.25, -0.2) is 0 Å². The Balaban J connectivity index is 1.25. The molecule has 0 fully saturated rings. The van der Waals surface area contributed by atoms with Crippen LogP contribution in [-0.4, -0.2) is 15.0 Å². The number of hydrogen-bond acceptors (Lipinski definition) is 9. The van der Waals surface area contributed by atoms with Crippen molar-refractivity contribution in [2.24, 2.45) is 0 Å². The second kappa shape index (κ2) is 13.8. The minimum Gasteiger partial charge on any atom is -0.485 e. The van der Waals surface area contributed by atoms with Crippen molar-refractivity contribution in [1.29, 1.82) is 0 Å². The van der Waals surface area contributed by atoms with Crippen LogP contribution in [0.15, 0.2) is 54.6 Å². The molecule has 0 spiro atoms. The Bertz CT molecular complexity index is 2200. The minimum absolute atomic E-state index is 0.333. The van der Waals surface area contributed by atoms with Gasteiger partial charge in [0, 0.05) is 67.5 Å². The van der Waals surface area contributed by atoms with Crippen molar-refractivity contribution >= 4 is 0 Å². The molecule has 18 bridgehead atoms. The molecule has 6 aromatic rings. The van der Waals surface area contributed by atoms with E-state index in [0.29, 0.717) is 93.4 Å². The smallest absolute Gasteiger partial charge is 0.162 e. The zero-order valence-corrected chi connectivity index (χ0v) is 33.4. The third kappa shape index (κ3) is 6.58. The molecule has 288 valence electrons. The van der Waals surface area contributed by atoms with Crippen LogP contribution >= 0.6 is 0 Å². The third-order valence-electron chi connectivity index (χ3n) is 12.1. The fourth-order valence-corrected chi connectivity index (χ4v) is 8.46. The van der Waals surface area contributed by atoms with Crippen LogP contribution in [0.25, 0.3) is 0 Å². The molecule has 3 aromatic heterocycles. The molecule has 6 heterocycles. The van der Waals surface area contributed by atoms with Gasteiger partial charge in [0.25, 0.3) is 0 Å². The van der Waals surface area contributed by atoms with Crippen LogP contribution in [-0.2, 0) is 58.9 Å². The van der Waals surface area contributed by atoms with Gasteiger partial charge in [0.05, 0.1) is 0 Å². The number of ether oxygens (including phenoxy) is 6. The number of aryl methyl sites for hydroxylation is 6. The Morgan fingerprint density at radius 2 is 0.439 bits per heavy atom. The fraction of sp³-hybridized carbons (Fsp3) is 0.312. The second-order valence-electron chi connectivity index (χ2n) is 15.9. The quantitative estimate of drug-likeness (QED) is 0.150. The van der Waals surface area contributed by atoms with E-state index in [1.807, 2.05) is 41.5 Å². The molecule has 10 rings (SSSR count). The minimum atomic E-state index is 0.333. The van der Waals surface area contributed by atoms with Crippen molar-refractivity contribution < 1.29 is 28.4 Å². The lowest BCUT2D eigenvalue weighted by Crippen LogP contribution is -2.10. The van der Waals surface area contributed by atoms with Gasteiger partial charge in [-0.2, -0.15) is 0 Å².